The number of nitrogens with one attached hydrogen (secondary N) is 1. The van der Waals surface area contributed by atoms with Gasteiger partial charge in [0.1, 0.15) is 0 Å². The maximum atomic E-state index is 13.5. The SMILES string of the molecule is Cl.O=C(c1ccccc1)c1ccccc1S(=O)(=O)N(C1CC1)C1CCNC1. The van der Waals surface area contributed by atoms with E-state index in [1.54, 1.807) is 52.8 Å². The Kier molecular flexibility index (Phi) is 6.01. The van der Waals surface area contributed by atoms with Crippen LogP contribution in [0.4, 0.5) is 0 Å². The average molecular weight is 407 g/mol. The quantitative estimate of drug-likeness (QED) is 0.749. The fraction of sp³-hybridized carbons (Fsp3) is 0.350. The zero-order valence-electron chi connectivity index (χ0n) is 14.9. The van der Waals surface area contributed by atoms with Gasteiger partial charge in [-0.1, -0.05) is 42.5 Å². The van der Waals surface area contributed by atoms with Crippen LogP contribution >= 0.6 is 12.4 Å². The van der Waals surface area contributed by atoms with E-state index in [4.69, 9.17) is 0 Å². The summed E-state index contributed by atoms with van der Waals surface area (Å²) in [5, 5.41) is 3.25. The first-order valence-electron chi connectivity index (χ1n) is 9.02. The van der Waals surface area contributed by atoms with E-state index in [0.29, 0.717) is 12.1 Å². The second kappa shape index (κ2) is 8.10. The Morgan fingerprint density at radius 1 is 0.926 bits per heavy atom. The highest BCUT2D eigenvalue weighted by atomic mass is 35.5. The normalized spacial score (nSPS) is 19.7. The lowest BCUT2D eigenvalue weighted by Gasteiger charge is -2.28. The summed E-state index contributed by atoms with van der Waals surface area (Å²) in [6, 6.07) is 15.4. The first-order valence-corrected chi connectivity index (χ1v) is 10.5. The van der Waals surface area contributed by atoms with Crippen LogP contribution in [0.15, 0.2) is 59.5 Å². The van der Waals surface area contributed by atoms with Crippen LogP contribution in [0.25, 0.3) is 0 Å². The minimum Gasteiger partial charge on any atom is -0.315 e. The van der Waals surface area contributed by atoms with Gasteiger partial charge in [-0.2, -0.15) is 4.31 Å². The molecule has 0 amide bonds. The molecule has 2 aromatic rings. The predicted molar refractivity (Wildman–Crippen MR) is 107 cm³/mol. The molecule has 1 aliphatic carbocycles. The molecule has 4 rings (SSSR count). The molecule has 5 nitrogen and oxygen atoms in total. The molecule has 0 radical (unpaired) electrons. The van der Waals surface area contributed by atoms with Crippen molar-refractivity contribution in [2.75, 3.05) is 13.1 Å². The Morgan fingerprint density at radius 3 is 2.22 bits per heavy atom. The van der Waals surface area contributed by atoms with Crippen molar-refractivity contribution in [1.82, 2.24) is 9.62 Å². The lowest BCUT2D eigenvalue weighted by Crippen LogP contribution is -2.43. The van der Waals surface area contributed by atoms with Gasteiger partial charge in [-0.3, -0.25) is 4.79 Å². The first kappa shape index (κ1) is 20.0. The van der Waals surface area contributed by atoms with Gasteiger partial charge >= 0.3 is 0 Å². The topological polar surface area (TPSA) is 66.5 Å². The number of benzene rings is 2. The van der Waals surface area contributed by atoms with Crippen LogP contribution in [0.3, 0.4) is 0 Å². The summed E-state index contributed by atoms with van der Waals surface area (Å²) in [5.41, 5.74) is 0.742. The second-order valence-corrected chi connectivity index (χ2v) is 8.72. The monoisotopic (exact) mass is 406 g/mol. The summed E-state index contributed by atoms with van der Waals surface area (Å²) in [6.45, 7) is 1.50. The third-order valence-electron chi connectivity index (χ3n) is 5.02. The Morgan fingerprint density at radius 2 is 1.59 bits per heavy atom. The molecule has 1 unspecified atom stereocenters. The van der Waals surface area contributed by atoms with Gasteiger partial charge in [0.25, 0.3) is 0 Å². The Hall–Kier alpha value is -1.73. The van der Waals surface area contributed by atoms with Crippen molar-refractivity contribution in [3.8, 4) is 0 Å². The third-order valence-corrected chi connectivity index (χ3v) is 7.09. The van der Waals surface area contributed by atoms with Gasteiger partial charge in [0.15, 0.2) is 5.78 Å². The van der Waals surface area contributed by atoms with Gasteiger partial charge in [0, 0.05) is 29.8 Å². The van der Waals surface area contributed by atoms with Gasteiger partial charge in [-0.05, 0) is 37.9 Å². The zero-order valence-corrected chi connectivity index (χ0v) is 16.5. The summed E-state index contributed by atoms with van der Waals surface area (Å²) >= 11 is 0. The van der Waals surface area contributed by atoms with E-state index in [2.05, 4.69) is 5.32 Å². The number of nitrogens with zero attached hydrogens (tertiary/aromatic N) is 1. The van der Waals surface area contributed by atoms with Crippen molar-refractivity contribution in [3.05, 3.63) is 65.7 Å². The van der Waals surface area contributed by atoms with Crippen molar-refractivity contribution >= 4 is 28.2 Å². The molecule has 144 valence electrons. The molecule has 2 fully saturated rings. The van der Waals surface area contributed by atoms with Crippen LogP contribution in [-0.2, 0) is 10.0 Å². The highest BCUT2D eigenvalue weighted by Crippen LogP contribution is 2.36. The van der Waals surface area contributed by atoms with Gasteiger partial charge < -0.3 is 5.32 Å². The first-order chi connectivity index (χ1) is 12.6. The second-order valence-electron chi connectivity index (χ2n) is 6.90. The molecule has 7 heteroatoms. The highest BCUT2D eigenvalue weighted by Gasteiger charge is 2.44. The number of hydrogen-bond acceptors (Lipinski definition) is 4. The van der Waals surface area contributed by atoms with Gasteiger partial charge in [-0.25, -0.2) is 8.42 Å². The number of ketones is 1. The number of carbonyl (C=O) groups excluding carboxylic acids is 1. The molecule has 0 spiro atoms. The number of rotatable bonds is 6. The Labute approximate surface area is 166 Å². The van der Waals surface area contributed by atoms with Gasteiger partial charge in [0.05, 0.1) is 4.90 Å². The minimum absolute atomic E-state index is 0. The van der Waals surface area contributed by atoms with Crippen LogP contribution in [0.1, 0.15) is 35.2 Å². The van der Waals surface area contributed by atoms with E-state index in [0.717, 1.165) is 25.8 Å². The molecule has 1 N–H and O–H groups in total. The molecular weight excluding hydrogens is 384 g/mol. The number of sulfonamides is 1. The van der Waals surface area contributed by atoms with E-state index in [1.165, 1.54) is 0 Å². The lowest BCUT2D eigenvalue weighted by atomic mass is 10.0. The molecule has 1 saturated carbocycles. The number of carbonyl (C=O) groups is 1. The van der Waals surface area contributed by atoms with Crippen molar-refractivity contribution in [1.29, 1.82) is 0 Å². The summed E-state index contributed by atoms with van der Waals surface area (Å²) in [7, 11) is -3.73. The van der Waals surface area contributed by atoms with Crippen molar-refractivity contribution in [3.63, 3.8) is 0 Å². The third kappa shape index (κ3) is 3.94. The molecule has 1 heterocycles. The molecule has 0 bridgehead atoms. The summed E-state index contributed by atoms with van der Waals surface area (Å²) in [5.74, 6) is -0.259. The van der Waals surface area contributed by atoms with Crippen LogP contribution < -0.4 is 5.32 Å². The Bertz CT molecular complexity index is 908. The smallest absolute Gasteiger partial charge is 0.244 e. The van der Waals surface area contributed by atoms with E-state index in [-0.39, 0.29) is 40.7 Å². The van der Waals surface area contributed by atoms with Crippen LogP contribution in [0.5, 0.6) is 0 Å². The van der Waals surface area contributed by atoms with Crippen molar-refractivity contribution < 1.29 is 13.2 Å². The fourth-order valence-electron chi connectivity index (χ4n) is 3.61. The fourth-order valence-corrected chi connectivity index (χ4v) is 5.71. The predicted octanol–water partition coefficient (Wildman–Crippen LogP) is 2.85. The highest BCUT2D eigenvalue weighted by molar-refractivity contribution is 7.89. The summed E-state index contributed by atoms with van der Waals surface area (Å²) in [6.07, 6.45) is 2.60. The van der Waals surface area contributed by atoms with Crippen molar-refractivity contribution in [2.45, 2.75) is 36.2 Å². The maximum Gasteiger partial charge on any atom is 0.244 e. The lowest BCUT2D eigenvalue weighted by molar-refractivity contribution is 0.103. The van der Waals surface area contributed by atoms with Crippen molar-refractivity contribution in [2.24, 2.45) is 0 Å². The van der Waals surface area contributed by atoms with E-state index < -0.39 is 10.0 Å². The summed E-state index contributed by atoms with van der Waals surface area (Å²) < 4.78 is 28.7. The largest absolute Gasteiger partial charge is 0.315 e. The molecule has 27 heavy (non-hydrogen) atoms. The van der Waals surface area contributed by atoms with Crippen LogP contribution in [0, 0.1) is 0 Å². The number of hydrogen-bond donors (Lipinski definition) is 1. The Balaban J connectivity index is 0.00000210. The minimum atomic E-state index is -3.73. The van der Waals surface area contributed by atoms with Gasteiger partial charge in [-0.15, -0.1) is 12.4 Å². The summed E-state index contributed by atoms with van der Waals surface area (Å²) in [4.78, 5) is 13.1. The molecule has 1 atom stereocenters. The molecule has 2 aromatic carbocycles. The molecule has 2 aliphatic rings. The van der Waals surface area contributed by atoms with Crippen LogP contribution in [0.2, 0.25) is 0 Å². The molecular formula is C20H23ClN2O3S. The van der Waals surface area contributed by atoms with E-state index >= 15 is 0 Å². The van der Waals surface area contributed by atoms with E-state index in [9.17, 15) is 13.2 Å². The standard InChI is InChI=1S/C20H22N2O3S.ClH/c23-20(15-6-2-1-3-7-15)18-8-4-5-9-19(18)26(24,25)22(16-10-11-16)17-12-13-21-14-17;/h1-9,16-17,21H,10-14H2;1H. The molecule has 1 saturated heterocycles. The maximum absolute atomic E-state index is 13.5. The number of halogens is 1. The van der Waals surface area contributed by atoms with E-state index in [1.807, 2.05) is 6.07 Å². The van der Waals surface area contributed by atoms with Crippen LogP contribution in [-0.4, -0.2) is 43.7 Å². The van der Waals surface area contributed by atoms with Gasteiger partial charge in [0.2, 0.25) is 10.0 Å². The molecule has 0 aromatic heterocycles. The average Bonchev–Trinajstić information content (AvgIpc) is 3.35. The molecule has 1 aliphatic heterocycles. The zero-order chi connectivity index (χ0) is 18.1.